The number of rotatable bonds is 5. The normalized spacial score (nSPS) is 16.6. The number of hydrogen-bond donors (Lipinski definition) is 1. The molecule has 1 aliphatic heterocycles. The average Bonchev–Trinajstić information content (AvgIpc) is 3.33. The smallest absolute Gasteiger partial charge is 0.323 e. The molecule has 1 fully saturated rings. The molecule has 0 amide bonds. The molecule has 1 aliphatic rings. The fourth-order valence-electron chi connectivity index (χ4n) is 4.02. The van der Waals surface area contributed by atoms with E-state index in [0.29, 0.717) is 37.3 Å². The van der Waals surface area contributed by atoms with Crippen LogP contribution in [0.25, 0.3) is 16.9 Å². The molecule has 9 heteroatoms. The van der Waals surface area contributed by atoms with E-state index in [4.69, 9.17) is 4.52 Å². The number of aromatic nitrogens is 4. The van der Waals surface area contributed by atoms with Gasteiger partial charge in [-0.2, -0.15) is 14.8 Å². The topological polar surface area (TPSA) is 97.3 Å². The van der Waals surface area contributed by atoms with Crippen molar-refractivity contribution in [1.82, 2.24) is 24.8 Å². The van der Waals surface area contributed by atoms with Gasteiger partial charge in [-0.05, 0) is 56.9 Å². The molecule has 8 nitrogen and oxygen atoms in total. The molecule has 4 rings (SSSR count). The van der Waals surface area contributed by atoms with Crippen LogP contribution in [0, 0.1) is 5.82 Å². The van der Waals surface area contributed by atoms with Crippen LogP contribution in [0.4, 0.5) is 4.39 Å². The van der Waals surface area contributed by atoms with Gasteiger partial charge in [0.15, 0.2) is 0 Å². The number of halogens is 1. The van der Waals surface area contributed by atoms with E-state index in [1.807, 2.05) is 24.8 Å². The Morgan fingerprint density at radius 2 is 2.00 bits per heavy atom. The Morgan fingerprint density at radius 1 is 1.30 bits per heavy atom. The summed E-state index contributed by atoms with van der Waals surface area (Å²) in [6.07, 6.45) is 1.42. The van der Waals surface area contributed by atoms with Crippen LogP contribution in [0.5, 0.6) is 0 Å². The molecule has 0 spiro atoms. The summed E-state index contributed by atoms with van der Waals surface area (Å²) >= 11 is 0. The third kappa shape index (κ3) is 3.36. The lowest BCUT2D eigenvalue weighted by Crippen LogP contribution is -2.52. The van der Waals surface area contributed by atoms with Crippen LogP contribution in [-0.2, 0) is 4.79 Å². The molecule has 0 unspecified atom stereocenters. The van der Waals surface area contributed by atoms with E-state index in [9.17, 15) is 14.3 Å². The van der Waals surface area contributed by atoms with Crippen molar-refractivity contribution in [2.24, 2.45) is 0 Å². The van der Waals surface area contributed by atoms with E-state index in [1.165, 1.54) is 10.7 Å². The highest BCUT2D eigenvalue weighted by Gasteiger charge is 2.38. The summed E-state index contributed by atoms with van der Waals surface area (Å²) in [5, 5.41) is 18.8. The first-order valence-corrected chi connectivity index (χ1v) is 10.2. The summed E-state index contributed by atoms with van der Waals surface area (Å²) in [7, 11) is 0. The monoisotopic (exact) mass is 415 g/mol. The highest BCUT2D eigenvalue weighted by molar-refractivity contribution is 5.84. The molecule has 3 heterocycles. The van der Waals surface area contributed by atoms with Gasteiger partial charge in [-0.3, -0.25) is 9.69 Å². The maximum atomic E-state index is 14.6. The second-order valence-corrected chi connectivity index (χ2v) is 8.65. The Kier molecular flexibility index (Phi) is 5.09. The van der Waals surface area contributed by atoms with Gasteiger partial charge in [0.1, 0.15) is 16.9 Å². The minimum atomic E-state index is -0.913. The number of piperidine rings is 1. The van der Waals surface area contributed by atoms with Gasteiger partial charge < -0.3 is 9.63 Å². The zero-order valence-corrected chi connectivity index (χ0v) is 17.6. The van der Waals surface area contributed by atoms with Crippen molar-refractivity contribution in [2.45, 2.75) is 57.9 Å². The SMILES string of the molecule is CC(C)c1nn(-c2noc(C3CCN(C(C)(C)C(=O)O)CC3)n2)c2c(F)cccc12. The quantitative estimate of drug-likeness (QED) is 0.678. The van der Waals surface area contributed by atoms with Crippen LogP contribution < -0.4 is 0 Å². The number of carbonyl (C=O) groups is 1. The van der Waals surface area contributed by atoms with Crippen LogP contribution in [0.15, 0.2) is 22.7 Å². The molecule has 0 aliphatic carbocycles. The zero-order chi connectivity index (χ0) is 21.6. The van der Waals surface area contributed by atoms with Gasteiger partial charge in [0.2, 0.25) is 5.89 Å². The maximum Gasteiger partial charge on any atom is 0.323 e. The predicted octanol–water partition coefficient (Wildman–Crippen LogP) is 3.71. The fourth-order valence-corrected chi connectivity index (χ4v) is 4.02. The van der Waals surface area contributed by atoms with Crippen molar-refractivity contribution in [3.63, 3.8) is 0 Å². The Labute approximate surface area is 173 Å². The Hall–Kier alpha value is -2.81. The summed E-state index contributed by atoms with van der Waals surface area (Å²) < 4.78 is 21.5. The molecule has 0 atom stereocenters. The van der Waals surface area contributed by atoms with Crippen LogP contribution in [-0.4, -0.2) is 54.5 Å². The summed E-state index contributed by atoms with van der Waals surface area (Å²) in [4.78, 5) is 18.0. The molecule has 30 heavy (non-hydrogen) atoms. The second kappa shape index (κ2) is 7.46. The van der Waals surface area contributed by atoms with Crippen LogP contribution in [0.1, 0.15) is 64.0 Å². The molecule has 3 aromatic rings. The first kappa shape index (κ1) is 20.5. The van der Waals surface area contributed by atoms with E-state index >= 15 is 0 Å². The third-order valence-corrected chi connectivity index (χ3v) is 6.01. The number of fused-ring (bicyclic) bond motifs is 1. The van der Waals surface area contributed by atoms with Crippen LogP contribution >= 0.6 is 0 Å². The van der Waals surface area contributed by atoms with Crippen molar-refractivity contribution in [2.75, 3.05) is 13.1 Å². The van der Waals surface area contributed by atoms with Crippen molar-refractivity contribution in [3.8, 4) is 5.95 Å². The molecule has 1 N–H and O–H groups in total. The van der Waals surface area contributed by atoms with Crippen molar-refractivity contribution in [3.05, 3.63) is 35.6 Å². The second-order valence-electron chi connectivity index (χ2n) is 8.65. The largest absolute Gasteiger partial charge is 0.480 e. The number of carboxylic acid groups (broad SMARTS) is 1. The van der Waals surface area contributed by atoms with Crippen LogP contribution in [0.2, 0.25) is 0 Å². The molecule has 1 saturated heterocycles. The van der Waals surface area contributed by atoms with Gasteiger partial charge in [0.25, 0.3) is 5.95 Å². The lowest BCUT2D eigenvalue weighted by Gasteiger charge is -2.39. The molecule has 0 saturated carbocycles. The van der Waals surface area contributed by atoms with Crippen molar-refractivity contribution in [1.29, 1.82) is 0 Å². The molecule has 2 aromatic heterocycles. The Bertz CT molecular complexity index is 1080. The van der Waals surface area contributed by atoms with Crippen LogP contribution in [0.3, 0.4) is 0 Å². The van der Waals surface area contributed by atoms with Gasteiger partial charge in [0.05, 0.1) is 5.69 Å². The highest BCUT2D eigenvalue weighted by atomic mass is 19.1. The van der Waals surface area contributed by atoms with E-state index in [1.54, 1.807) is 19.9 Å². The van der Waals surface area contributed by atoms with Gasteiger partial charge in [0, 0.05) is 11.3 Å². The van der Waals surface area contributed by atoms with E-state index in [0.717, 1.165) is 11.1 Å². The van der Waals surface area contributed by atoms with Gasteiger partial charge in [-0.25, -0.2) is 4.39 Å². The summed E-state index contributed by atoms with van der Waals surface area (Å²) in [5.74, 6) is -0.395. The number of nitrogens with zero attached hydrogens (tertiary/aromatic N) is 5. The standard InChI is InChI=1S/C21H26FN5O3/c1-12(2)16-14-6-5-7-15(22)17(14)27(24-16)20-23-18(30-25-20)13-8-10-26(11-9-13)21(3,4)19(28)29/h5-7,12-13H,8-11H2,1-4H3,(H,28,29). The predicted molar refractivity (Wildman–Crippen MR) is 108 cm³/mol. The number of carboxylic acids is 1. The molecule has 160 valence electrons. The minimum absolute atomic E-state index is 0.0309. The molecule has 0 radical (unpaired) electrons. The minimum Gasteiger partial charge on any atom is -0.480 e. The summed E-state index contributed by atoms with van der Waals surface area (Å²) in [5.41, 5.74) is 0.204. The number of hydrogen-bond acceptors (Lipinski definition) is 6. The molecule has 0 bridgehead atoms. The first-order chi connectivity index (χ1) is 14.2. The van der Waals surface area contributed by atoms with Gasteiger partial charge in [-0.15, -0.1) is 0 Å². The third-order valence-electron chi connectivity index (χ3n) is 6.01. The van der Waals surface area contributed by atoms with E-state index < -0.39 is 11.5 Å². The van der Waals surface area contributed by atoms with E-state index in [2.05, 4.69) is 15.2 Å². The Morgan fingerprint density at radius 3 is 2.63 bits per heavy atom. The number of likely N-dealkylation sites (tertiary alicyclic amines) is 1. The fraction of sp³-hybridized carbons (Fsp3) is 0.524. The van der Waals surface area contributed by atoms with Crippen molar-refractivity contribution >= 4 is 16.9 Å². The lowest BCUT2D eigenvalue weighted by atomic mass is 9.92. The Balaban J connectivity index is 1.60. The highest BCUT2D eigenvalue weighted by Crippen LogP contribution is 2.32. The van der Waals surface area contributed by atoms with E-state index in [-0.39, 0.29) is 23.6 Å². The first-order valence-electron chi connectivity index (χ1n) is 10.2. The molecular weight excluding hydrogens is 389 g/mol. The molecule has 1 aromatic carbocycles. The summed E-state index contributed by atoms with van der Waals surface area (Å²) in [6.45, 7) is 8.68. The summed E-state index contributed by atoms with van der Waals surface area (Å²) in [6, 6.07) is 4.91. The number of benzene rings is 1. The van der Waals surface area contributed by atoms with Gasteiger partial charge >= 0.3 is 5.97 Å². The van der Waals surface area contributed by atoms with Crippen molar-refractivity contribution < 1.29 is 18.8 Å². The zero-order valence-electron chi connectivity index (χ0n) is 17.6. The maximum absolute atomic E-state index is 14.6. The average molecular weight is 415 g/mol. The number of para-hydroxylation sites is 1. The lowest BCUT2D eigenvalue weighted by molar-refractivity contribution is -0.150. The number of aliphatic carboxylic acids is 1. The van der Waals surface area contributed by atoms with Gasteiger partial charge in [-0.1, -0.05) is 26.0 Å². The molecular formula is C21H26FN5O3.